The van der Waals surface area contributed by atoms with Crippen molar-refractivity contribution in [1.82, 2.24) is 15.1 Å². The van der Waals surface area contributed by atoms with Crippen LogP contribution in [-0.4, -0.2) is 45.2 Å². The first-order chi connectivity index (χ1) is 12.1. The summed E-state index contributed by atoms with van der Waals surface area (Å²) in [5.74, 6) is -0.229. The first-order valence-corrected chi connectivity index (χ1v) is 7.67. The van der Waals surface area contributed by atoms with Gasteiger partial charge in [-0.2, -0.15) is 0 Å². The van der Waals surface area contributed by atoms with Gasteiger partial charge < -0.3 is 15.2 Å². The number of imide groups is 1. The molecule has 2 N–H and O–H groups in total. The first kappa shape index (κ1) is 16.9. The number of aromatic nitrogens is 2. The second kappa shape index (κ2) is 7.29. The molecule has 2 heterocycles. The number of aliphatic hydroxyl groups is 1. The Balaban J connectivity index is 1.72. The van der Waals surface area contributed by atoms with Crippen LogP contribution in [0.25, 0.3) is 0 Å². The Labute approximate surface area is 147 Å². The van der Waals surface area contributed by atoms with Crippen molar-refractivity contribution in [2.45, 2.75) is 0 Å². The van der Waals surface area contributed by atoms with E-state index in [1.807, 2.05) is 0 Å². The first-order valence-electron chi connectivity index (χ1n) is 7.29. The highest BCUT2D eigenvalue weighted by atomic mass is 35.5. The maximum absolute atomic E-state index is 12.1. The summed E-state index contributed by atoms with van der Waals surface area (Å²) < 4.78 is 5.56. The molecule has 1 aliphatic rings. The summed E-state index contributed by atoms with van der Waals surface area (Å²) in [5, 5.41) is 19.5. The number of amides is 2. The van der Waals surface area contributed by atoms with Crippen molar-refractivity contribution in [3.8, 4) is 11.6 Å². The normalized spacial score (nSPS) is 13.8. The van der Waals surface area contributed by atoms with E-state index in [9.17, 15) is 9.59 Å². The van der Waals surface area contributed by atoms with Crippen LogP contribution in [0, 0.1) is 0 Å². The van der Waals surface area contributed by atoms with Crippen molar-refractivity contribution in [2.75, 3.05) is 18.5 Å². The number of nitrogens with zero attached hydrogens (tertiary/aromatic N) is 3. The molecule has 1 aromatic heterocycles. The minimum atomic E-state index is -0.492. The van der Waals surface area contributed by atoms with Crippen LogP contribution in [0.1, 0.15) is 0 Å². The van der Waals surface area contributed by atoms with Gasteiger partial charge in [-0.05, 0) is 18.2 Å². The van der Waals surface area contributed by atoms with Crippen LogP contribution in [0.4, 0.5) is 5.69 Å². The van der Waals surface area contributed by atoms with Crippen LogP contribution >= 0.6 is 11.6 Å². The molecule has 9 heteroatoms. The van der Waals surface area contributed by atoms with Gasteiger partial charge in [-0.3, -0.25) is 14.5 Å². The van der Waals surface area contributed by atoms with Gasteiger partial charge in [-0.15, -0.1) is 10.2 Å². The smallest absolute Gasteiger partial charge is 0.277 e. The molecule has 128 valence electrons. The second-order valence-corrected chi connectivity index (χ2v) is 5.41. The molecule has 0 radical (unpaired) electrons. The van der Waals surface area contributed by atoms with Crippen molar-refractivity contribution in [3.05, 3.63) is 53.3 Å². The Kier molecular flexibility index (Phi) is 4.92. The summed E-state index contributed by atoms with van der Waals surface area (Å²) in [7, 11) is 0. The molecule has 1 aliphatic heterocycles. The fourth-order valence-electron chi connectivity index (χ4n) is 2.18. The van der Waals surface area contributed by atoms with Crippen molar-refractivity contribution < 1.29 is 19.4 Å². The molecular formula is C16H13ClN4O4. The standard InChI is InChI=1S/C16H13ClN4O4/c17-13-4-5-14(20-19-13)25-11-3-1-2-10(8-11)18-12-9-15(23)21(6-7-22)16(12)24/h1-5,8-9,18,22H,6-7H2. The predicted molar refractivity (Wildman–Crippen MR) is 89.1 cm³/mol. The highest BCUT2D eigenvalue weighted by molar-refractivity contribution is 6.29. The maximum atomic E-state index is 12.1. The number of halogens is 1. The number of hydrogen-bond acceptors (Lipinski definition) is 7. The van der Waals surface area contributed by atoms with Crippen LogP contribution in [0.2, 0.25) is 5.15 Å². The number of carbonyl (C=O) groups excluding carboxylic acids is 2. The van der Waals surface area contributed by atoms with Crippen LogP contribution < -0.4 is 10.1 Å². The average Bonchev–Trinajstić information content (AvgIpc) is 2.85. The highest BCUT2D eigenvalue weighted by Crippen LogP contribution is 2.24. The molecule has 8 nitrogen and oxygen atoms in total. The molecule has 0 fully saturated rings. The van der Waals surface area contributed by atoms with Gasteiger partial charge in [0.15, 0.2) is 5.15 Å². The molecular weight excluding hydrogens is 348 g/mol. The Morgan fingerprint density at radius 1 is 1.20 bits per heavy atom. The van der Waals surface area contributed by atoms with Crippen molar-refractivity contribution in [3.63, 3.8) is 0 Å². The van der Waals surface area contributed by atoms with Gasteiger partial charge in [-0.1, -0.05) is 17.7 Å². The lowest BCUT2D eigenvalue weighted by Gasteiger charge is -2.13. The summed E-state index contributed by atoms with van der Waals surface area (Å²) in [6, 6.07) is 9.90. The molecule has 0 saturated carbocycles. The summed E-state index contributed by atoms with van der Waals surface area (Å²) in [4.78, 5) is 24.8. The van der Waals surface area contributed by atoms with Crippen LogP contribution in [0.3, 0.4) is 0 Å². The highest BCUT2D eigenvalue weighted by Gasteiger charge is 2.30. The summed E-state index contributed by atoms with van der Waals surface area (Å²) in [6.45, 7) is -0.332. The summed E-state index contributed by atoms with van der Waals surface area (Å²) in [5.41, 5.74) is 0.680. The number of hydrogen-bond donors (Lipinski definition) is 2. The quantitative estimate of drug-likeness (QED) is 0.753. The zero-order chi connectivity index (χ0) is 17.8. The van der Waals surface area contributed by atoms with Gasteiger partial charge in [0.1, 0.15) is 11.4 Å². The lowest BCUT2D eigenvalue weighted by Crippen LogP contribution is -2.34. The van der Waals surface area contributed by atoms with E-state index >= 15 is 0 Å². The van der Waals surface area contributed by atoms with Gasteiger partial charge in [0, 0.05) is 23.9 Å². The predicted octanol–water partition coefficient (Wildman–Crippen LogP) is 1.58. The molecule has 0 atom stereocenters. The van der Waals surface area contributed by atoms with E-state index in [2.05, 4.69) is 15.5 Å². The van der Waals surface area contributed by atoms with Gasteiger partial charge in [0.2, 0.25) is 5.88 Å². The Morgan fingerprint density at radius 2 is 2.04 bits per heavy atom. The lowest BCUT2D eigenvalue weighted by molar-refractivity contribution is -0.137. The third kappa shape index (κ3) is 3.93. The monoisotopic (exact) mass is 360 g/mol. The molecule has 3 rings (SSSR count). The number of benzene rings is 1. The SMILES string of the molecule is O=C1C=C(Nc2cccc(Oc3ccc(Cl)nn3)c2)C(=O)N1CCO. The summed E-state index contributed by atoms with van der Waals surface area (Å²) in [6.07, 6.45) is 1.19. The minimum Gasteiger partial charge on any atom is -0.437 e. The van der Waals surface area contributed by atoms with Crippen LogP contribution in [0.15, 0.2) is 48.2 Å². The molecule has 0 bridgehead atoms. The average molecular weight is 361 g/mol. The van der Waals surface area contributed by atoms with Gasteiger partial charge in [-0.25, -0.2) is 0 Å². The topological polar surface area (TPSA) is 105 Å². The number of nitrogens with one attached hydrogen (secondary N) is 1. The fourth-order valence-corrected chi connectivity index (χ4v) is 2.28. The number of ether oxygens (including phenoxy) is 1. The van der Waals surface area contributed by atoms with Crippen molar-refractivity contribution >= 4 is 29.1 Å². The minimum absolute atomic E-state index is 0.0439. The molecule has 2 amide bonds. The number of aliphatic hydroxyl groups excluding tert-OH is 1. The number of rotatable bonds is 6. The third-order valence-electron chi connectivity index (χ3n) is 3.28. The molecule has 1 aromatic carbocycles. The van der Waals surface area contributed by atoms with E-state index in [-0.39, 0.29) is 29.9 Å². The molecule has 0 unspecified atom stereocenters. The summed E-state index contributed by atoms with van der Waals surface area (Å²) >= 11 is 5.67. The zero-order valence-electron chi connectivity index (χ0n) is 12.8. The van der Waals surface area contributed by atoms with Crippen LogP contribution in [-0.2, 0) is 9.59 Å². The number of anilines is 1. The molecule has 2 aromatic rings. The largest absolute Gasteiger partial charge is 0.437 e. The van der Waals surface area contributed by atoms with Gasteiger partial charge in [0.25, 0.3) is 11.8 Å². The van der Waals surface area contributed by atoms with E-state index in [1.54, 1.807) is 36.4 Å². The van der Waals surface area contributed by atoms with E-state index < -0.39 is 11.8 Å². The second-order valence-electron chi connectivity index (χ2n) is 5.03. The molecule has 0 spiro atoms. The van der Waals surface area contributed by atoms with E-state index in [0.717, 1.165) is 4.90 Å². The van der Waals surface area contributed by atoms with Crippen molar-refractivity contribution in [1.29, 1.82) is 0 Å². The number of β-amino-alcohol motifs (C(OH)–C–C–N with tert-alkyl or cyclic N) is 1. The maximum Gasteiger partial charge on any atom is 0.277 e. The van der Waals surface area contributed by atoms with Gasteiger partial charge in [0.05, 0.1) is 13.2 Å². The van der Waals surface area contributed by atoms with Crippen LogP contribution in [0.5, 0.6) is 11.6 Å². The number of carbonyl (C=O) groups is 2. The van der Waals surface area contributed by atoms with Gasteiger partial charge >= 0.3 is 0 Å². The molecule has 0 aliphatic carbocycles. The van der Waals surface area contributed by atoms with E-state index in [0.29, 0.717) is 11.4 Å². The zero-order valence-corrected chi connectivity index (χ0v) is 13.6. The fraction of sp³-hybridized carbons (Fsp3) is 0.125. The van der Waals surface area contributed by atoms with Crippen molar-refractivity contribution in [2.24, 2.45) is 0 Å². The Hall–Kier alpha value is -2.97. The molecule has 25 heavy (non-hydrogen) atoms. The van der Waals surface area contributed by atoms with E-state index in [1.165, 1.54) is 6.08 Å². The molecule has 0 saturated heterocycles. The Bertz CT molecular complexity index is 838. The third-order valence-corrected chi connectivity index (χ3v) is 3.48. The van der Waals surface area contributed by atoms with E-state index in [4.69, 9.17) is 21.4 Å². The lowest BCUT2D eigenvalue weighted by atomic mass is 10.3. The Morgan fingerprint density at radius 3 is 2.76 bits per heavy atom.